The molecule has 0 heterocycles. The molecule has 3 nitrogen and oxygen atoms in total. The van der Waals surface area contributed by atoms with Crippen molar-refractivity contribution in [2.75, 3.05) is 13.1 Å². The third-order valence-corrected chi connectivity index (χ3v) is 4.72. The largest absolute Gasteiger partial charge is 0.457 e. The van der Waals surface area contributed by atoms with Gasteiger partial charge in [-0.2, -0.15) is 0 Å². The summed E-state index contributed by atoms with van der Waals surface area (Å²) < 4.78 is 19.9. The van der Waals surface area contributed by atoms with Gasteiger partial charge in [0.1, 0.15) is 17.3 Å². The van der Waals surface area contributed by atoms with Gasteiger partial charge in [0.15, 0.2) is 0 Å². The summed E-state index contributed by atoms with van der Waals surface area (Å²) in [5, 5.41) is 0. The summed E-state index contributed by atoms with van der Waals surface area (Å²) in [6.07, 6.45) is 3.01. The van der Waals surface area contributed by atoms with Gasteiger partial charge in [0.05, 0.1) is 15.6 Å². The topological polar surface area (TPSA) is 24.8 Å². The van der Waals surface area contributed by atoms with Crippen molar-refractivity contribution in [3.8, 4) is 11.5 Å². The van der Waals surface area contributed by atoms with E-state index in [1.54, 1.807) is 12.1 Å². The van der Waals surface area contributed by atoms with Crippen LogP contribution in [-0.4, -0.2) is 24.3 Å². The third kappa shape index (κ3) is 5.42. The third-order valence-electron chi connectivity index (χ3n) is 3.89. The Morgan fingerprint density at radius 2 is 1.92 bits per heavy atom. The summed E-state index contributed by atoms with van der Waals surface area (Å²) in [5.41, 5.74) is 2.98. The van der Waals surface area contributed by atoms with Crippen molar-refractivity contribution in [3.63, 3.8) is 0 Å². The molecule has 0 atom stereocenters. The van der Waals surface area contributed by atoms with Gasteiger partial charge >= 0.3 is 0 Å². The molecule has 2 rings (SSSR count). The van der Waals surface area contributed by atoms with Gasteiger partial charge in [-0.3, -0.25) is 0 Å². The van der Waals surface area contributed by atoms with Gasteiger partial charge in [-0.15, -0.1) is 0 Å². The van der Waals surface area contributed by atoms with E-state index < -0.39 is 0 Å². The van der Waals surface area contributed by atoms with E-state index in [0.29, 0.717) is 9.32 Å². The first-order valence-electron chi connectivity index (χ1n) is 8.47. The average molecular weight is 454 g/mol. The van der Waals surface area contributed by atoms with E-state index in [4.69, 9.17) is 4.74 Å². The molecule has 0 saturated heterocycles. The van der Waals surface area contributed by atoms with E-state index >= 15 is 0 Å². The van der Waals surface area contributed by atoms with Crippen molar-refractivity contribution in [1.29, 1.82) is 0 Å². The summed E-state index contributed by atoms with van der Waals surface area (Å²) in [6, 6.07) is 8.76. The maximum Gasteiger partial charge on any atom is 0.136 e. The van der Waals surface area contributed by atoms with Crippen LogP contribution in [-0.2, 0) is 0 Å². The van der Waals surface area contributed by atoms with Crippen molar-refractivity contribution >= 4 is 34.6 Å². The Balaban J connectivity index is 2.21. The normalized spacial score (nSPS) is 11.1. The Labute approximate surface area is 163 Å². The molecule has 2 aromatic rings. The van der Waals surface area contributed by atoms with Crippen LogP contribution in [0.25, 0.3) is 0 Å². The maximum absolute atomic E-state index is 13.4. The fraction of sp³-hybridized carbons (Fsp3) is 0.350. The highest BCUT2D eigenvalue weighted by molar-refractivity contribution is 14.1. The molecule has 0 unspecified atom stereocenters. The SMILES string of the molecule is CCCN(C=Nc1cc(C)c(Oc2ccc(F)c(I)c2)cc1C)CC. The van der Waals surface area contributed by atoms with E-state index in [-0.39, 0.29) is 5.82 Å². The molecule has 0 amide bonds. The highest BCUT2D eigenvalue weighted by Crippen LogP contribution is 2.32. The van der Waals surface area contributed by atoms with Crippen molar-refractivity contribution in [2.45, 2.75) is 34.1 Å². The lowest BCUT2D eigenvalue weighted by Gasteiger charge is -2.16. The first kappa shape index (κ1) is 19.7. The van der Waals surface area contributed by atoms with E-state index in [1.807, 2.05) is 54.9 Å². The standard InChI is InChI=1S/C20H24FIN2O/c1-5-9-24(6-2)13-23-19-10-15(4)20(11-14(19)3)25-16-7-8-17(21)18(22)12-16/h7-8,10-13H,5-6,9H2,1-4H3. The number of benzene rings is 2. The zero-order valence-corrected chi connectivity index (χ0v) is 17.3. The predicted octanol–water partition coefficient (Wildman–Crippen LogP) is 6.23. The quantitative estimate of drug-likeness (QED) is 0.282. The molecule has 0 saturated carbocycles. The van der Waals surface area contributed by atoms with Gasteiger partial charge in [-0.05, 0) is 91.2 Å². The van der Waals surface area contributed by atoms with Crippen molar-refractivity contribution in [2.24, 2.45) is 4.99 Å². The van der Waals surface area contributed by atoms with Crippen LogP contribution in [0, 0.1) is 23.2 Å². The molecule has 2 aromatic carbocycles. The average Bonchev–Trinajstić information content (AvgIpc) is 2.58. The fourth-order valence-corrected chi connectivity index (χ4v) is 2.91. The summed E-state index contributed by atoms with van der Waals surface area (Å²) in [5.74, 6) is 1.16. The van der Waals surface area contributed by atoms with Gasteiger partial charge in [0.2, 0.25) is 0 Å². The molecule has 0 radical (unpaired) electrons. The number of ether oxygens (including phenoxy) is 1. The Bertz CT molecular complexity index is 762. The smallest absolute Gasteiger partial charge is 0.136 e. The lowest BCUT2D eigenvalue weighted by molar-refractivity contribution is 0.452. The second-order valence-corrected chi connectivity index (χ2v) is 7.12. The zero-order chi connectivity index (χ0) is 18.4. The zero-order valence-electron chi connectivity index (χ0n) is 15.1. The number of aliphatic imine (C=N–C) groups is 1. The number of nitrogens with zero attached hydrogens (tertiary/aromatic N) is 2. The lowest BCUT2D eigenvalue weighted by Crippen LogP contribution is -2.21. The molecule has 0 aliphatic carbocycles. The first-order chi connectivity index (χ1) is 11.9. The molecule has 134 valence electrons. The summed E-state index contributed by atoms with van der Waals surface area (Å²) >= 11 is 1.96. The Morgan fingerprint density at radius 1 is 1.16 bits per heavy atom. The number of hydrogen-bond acceptors (Lipinski definition) is 2. The molecular formula is C20H24FIN2O. The van der Waals surface area contributed by atoms with Crippen LogP contribution in [0.3, 0.4) is 0 Å². The monoisotopic (exact) mass is 454 g/mol. The van der Waals surface area contributed by atoms with Gasteiger partial charge in [0.25, 0.3) is 0 Å². The minimum Gasteiger partial charge on any atom is -0.457 e. The van der Waals surface area contributed by atoms with Crippen LogP contribution in [0.15, 0.2) is 35.3 Å². The Hall–Kier alpha value is -1.63. The molecule has 5 heteroatoms. The van der Waals surface area contributed by atoms with Crippen LogP contribution in [0.4, 0.5) is 10.1 Å². The lowest BCUT2D eigenvalue weighted by atomic mass is 10.1. The van der Waals surface area contributed by atoms with Gasteiger partial charge in [0, 0.05) is 13.1 Å². The van der Waals surface area contributed by atoms with Crippen LogP contribution in [0.5, 0.6) is 11.5 Å². The minimum atomic E-state index is -0.238. The van der Waals surface area contributed by atoms with Crippen molar-refractivity contribution in [1.82, 2.24) is 4.90 Å². The second kappa shape index (κ2) is 9.17. The van der Waals surface area contributed by atoms with Crippen molar-refractivity contribution < 1.29 is 9.13 Å². The predicted molar refractivity (Wildman–Crippen MR) is 111 cm³/mol. The molecular weight excluding hydrogens is 430 g/mol. The second-order valence-electron chi connectivity index (χ2n) is 5.96. The number of rotatable bonds is 7. The van der Waals surface area contributed by atoms with Crippen LogP contribution in [0.1, 0.15) is 31.4 Å². The summed E-state index contributed by atoms with van der Waals surface area (Å²) in [4.78, 5) is 6.82. The summed E-state index contributed by atoms with van der Waals surface area (Å²) in [7, 11) is 0. The molecule has 0 fully saturated rings. The van der Waals surface area contributed by atoms with Gasteiger partial charge < -0.3 is 9.64 Å². The highest BCUT2D eigenvalue weighted by Gasteiger charge is 2.08. The Morgan fingerprint density at radius 3 is 2.56 bits per heavy atom. The van der Waals surface area contributed by atoms with Crippen molar-refractivity contribution in [3.05, 3.63) is 50.8 Å². The van der Waals surface area contributed by atoms with E-state index in [2.05, 4.69) is 23.7 Å². The Kier molecular flexibility index (Phi) is 7.23. The molecule has 0 aliphatic heterocycles. The maximum atomic E-state index is 13.4. The van der Waals surface area contributed by atoms with Gasteiger partial charge in [-0.25, -0.2) is 9.38 Å². The van der Waals surface area contributed by atoms with E-state index in [9.17, 15) is 4.39 Å². The number of halogens is 2. The van der Waals surface area contributed by atoms with Crippen LogP contribution >= 0.6 is 22.6 Å². The molecule has 0 aliphatic rings. The molecule has 0 spiro atoms. The first-order valence-corrected chi connectivity index (χ1v) is 9.54. The molecule has 0 bridgehead atoms. The minimum absolute atomic E-state index is 0.238. The van der Waals surface area contributed by atoms with Gasteiger partial charge in [-0.1, -0.05) is 6.92 Å². The fourth-order valence-electron chi connectivity index (χ4n) is 2.42. The highest BCUT2D eigenvalue weighted by atomic mass is 127. The number of aryl methyl sites for hydroxylation is 2. The molecule has 25 heavy (non-hydrogen) atoms. The molecule has 0 N–H and O–H groups in total. The van der Waals surface area contributed by atoms with E-state index in [1.165, 1.54) is 6.07 Å². The van der Waals surface area contributed by atoms with Crippen LogP contribution in [0.2, 0.25) is 0 Å². The summed E-state index contributed by atoms with van der Waals surface area (Å²) in [6.45, 7) is 10.2. The van der Waals surface area contributed by atoms with E-state index in [0.717, 1.165) is 42.1 Å². The molecule has 0 aromatic heterocycles. The van der Waals surface area contributed by atoms with Crippen LogP contribution < -0.4 is 4.74 Å². The number of hydrogen-bond donors (Lipinski definition) is 0.